The average Bonchev–Trinajstić information content (AvgIpc) is 2.32. The van der Waals surface area contributed by atoms with Crippen molar-refractivity contribution in [1.82, 2.24) is 4.90 Å². The Labute approximate surface area is 125 Å². The number of carbonyl (C=O) groups excluding carboxylic acids is 2. The van der Waals surface area contributed by atoms with E-state index in [1.54, 1.807) is 0 Å². The van der Waals surface area contributed by atoms with Crippen LogP contribution in [0.25, 0.3) is 0 Å². The first kappa shape index (κ1) is 15.7. The van der Waals surface area contributed by atoms with Gasteiger partial charge in [-0.15, -0.1) is 0 Å². The first-order chi connectivity index (χ1) is 9.69. The number of carbonyl (C=O) groups is 2. The fourth-order valence-electron chi connectivity index (χ4n) is 2.89. The van der Waals surface area contributed by atoms with Gasteiger partial charge in [0, 0.05) is 12.8 Å². The summed E-state index contributed by atoms with van der Waals surface area (Å²) < 4.78 is 0. The van der Waals surface area contributed by atoms with Crippen LogP contribution in [0.2, 0.25) is 0 Å². The van der Waals surface area contributed by atoms with E-state index in [-0.39, 0.29) is 23.8 Å². The molecular formula is C17H23NO3. The minimum Gasteiger partial charge on any atom is -0.387 e. The van der Waals surface area contributed by atoms with Gasteiger partial charge in [0.1, 0.15) is 0 Å². The van der Waals surface area contributed by atoms with Gasteiger partial charge in [0.25, 0.3) is 0 Å². The number of rotatable bonds is 3. The molecule has 0 aliphatic carbocycles. The Kier molecular flexibility index (Phi) is 4.19. The fraction of sp³-hybridized carbons (Fsp3) is 0.529. The lowest BCUT2D eigenvalue weighted by molar-refractivity contribution is -0.154. The van der Waals surface area contributed by atoms with Gasteiger partial charge in [-0.05, 0) is 30.4 Å². The summed E-state index contributed by atoms with van der Waals surface area (Å²) in [5.41, 5.74) is 2.58. The molecule has 1 aliphatic rings. The first-order valence-electron chi connectivity index (χ1n) is 7.28. The van der Waals surface area contributed by atoms with Crippen LogP contribution in [0.1, 0.15) is 49.5 Å². The van der Waals surface area contributed by atoms with Gasteiger partial charge in [-0.2, -0.15) is 0 Å². The summed E-state index contributed by atoms with van der Waals surface area (Å²) in [5, 5.41) is 10.4. The van der Waals surface area contributed by atoms with E-state index < -0.39 is 6.10 Å². The maximum atomic E-state index is 12.1. The molecule has 1 aliphatic heterocycles. The number of hydrogen-bond donors (Lipinski definition) is 1. The van der Waals surface area contributed by atoms with E-state index in [1.165, 1.54) is 4.90 Å². The first-order valence-corrected chi connectivity index (χ1v) is 7.28. The van der Waals surface area contributed by atoms with E-state index in [0.717, 1.165) is 16.7 Å². The van der Waals surface area contributed by atoms with E-state index in [0.29, 0.717) is 12.8 Å². The zero-order chi connectivity index (χ0) is 15.8. The molecule has 0 spiro atoms. The smallest absolute Gasteiger partial charge is 0.229 e. The molecule has 21 heavy (non-hydrogen) atoms. The van der Waals surface area contributed by atoms with Crippen molar-refractivity contribution >= 4 is 11.8 Å². The van der Waals surface area contributed by atoms with Crippen molar-refractivity contribution in [3.8, 4) is 0 Å². The summed E-state index contributed by atoms with van der Waals surface area (Å²) in [7, 11) is 0. The monoisotopic (exact) mass is 289 g/mol. The van der Waals surface area contributed by atoms with Crippen molar-refractivity contribution < 1.29 is 14.7 Å². The third-order valence-corrected chi connectivity index (χ3v) is 4.00. The van der Waals surface area contributed by atoms with Crippen molar-refractivity contribution in [2.24, 2.45) is 5.41 Å². The van der Waals surface area contributed by atoms with Crippen LogP contribution >= 0.6 is 0 Å². The van der Waals surface area contributed by atoms with Crippen LogP contribution in [0, 0.1) is 19.3 Å². The van der Waals surface area contributed by atoms with Crippen molar-refractivity contribution in [1.29, 1.82) is 0 Å². The summed E-state index contributed by atoms with van der Waals surface area (Å²) in [6.07, 6.45) is -0.142. The number of nitrogens with zero attached hydrogens (tertiary/aromatic N) is 1. The maximum absolute atomic E-state index is 12.1. The topological polar surface area (TPSA) is 57.6 Å². The molecule has 4 nitrogen and oxygen atoms in total. The van der Waals surface area contributed by atoms with Crippen molar-refractivity contribution in [2.75, 3.05) is 6.54 Å². The summed E-state index contributed by atoms with van der Waals surface area (Å²) in [5.74, 6) is -0.389. The van der Waals surface area contributed by atoms with Crippen molar-refractivity contribution in [3.63, 3.8) is 0 Å². The Morgan fingerprint density at radius 2 is 1.76 bits per heavy atom. The summed E-state index contributed by atoms with van der Waals surface area (Å²) in [6.45, 7) is 7.79. The van der Waals surface area contributed by atoms with Crippen LogP contribution < -0.4 is 0 Å². The molecule has 1 N–H and O–H groups in total. The molecule has 1 unspecified atom stereocenters. The Morgan fingerprint density at radius 3 is 2.29 bits per heavy atom. The summed E-state index contributed by atoms with van der Waals surface area (Å²) >= 11 is 0. The number of aliphatic hydroxyl groups excluding tert-OH is 1. The molecule has 0 bridgehead atoms. The van der Waals surface area contributed by atoms with E-state index in [2.05, 4.69) is 0 Å². The molecule has 1 aromatic carbocycles. The quantitative estimate of drug-likeness (QED) is 0.870. The molecule has 114 valence electrons. The van der Waals surface area contributed by atoms with Crippen molar-refractivity contribution in [2.45, 2.75) is 46.6 Å². The Balaban J connectivity index is 2.14. The number of aryl methyl sites for hydroxylation is 2. The summed E-state index contributed by atoms with van der Waals surface area (Å²) in [4.78, 5) is 25.4. The molecule has 1 heterocycles. The maximum Gasteiger partial charge on any atom is 0.229 e. The largest absolute Gasteiger partial charge is 0.387 e. The van der Waals surface area contributed by atoms with Crippen LogP contribution in [0.3, 0.4) is 0 Å². The van der Waals surface area contributed by atoms with Gasteiger partial charge in [-0.1, -0.05) is 37.6 Å². The number of hydrogen-bond acceptors (Lipinski definition) is 3. The molecule has 4 heteroatoms. The second-order valence-corrected chi connectivity index (χ2v) is 6.79. The predicted molar refractivity (Wildman–Crippen MR) is 80.6 cm³/mol. The Bertz CT molecular complexity index is 557. The van der Waals surface area contributed by atoms with Crippen LogP contribution in [-0.4, -0.2) is 28.4 Å². The van der Waals surface area contributed by atoms with Gasteiger partial charge in [-0.3, -0.25) is 14.5 Å². The number of benzene rings is 1. The molecule has 2 rings (SSSR count). The number of imide groups is 1. The van der Waals surface area contributed by atoms with Crippen LogP contribution in [-0.2, 0) is 9.59 Å². The fourth-order valence-corrected chi connectivity index (χ4v) is 2.89. The molecule has 0 saturated carbocycles. The average molecular weight is 289 g/mol. The molecule has 1 atom stereocenters. The lowest BCUT2D eigenvalue weighted by Gasteiger charge is -2.35. The van der Waals surface area contributed by atoms with Gasteiger partial charge in [0.15, 0.2) is 0 Å². The minimum absolute atomic E-state index is 0.0393. The summed E-state index contributed by atoms with van der Waals surface area (Å²) in [6, 6.07) is 5.77. The lowest BCUT2D eigenvalue weighted by atomic mass is 9.81. The Morgan fingerprint density at radius 1 is 1.19 bits per heavy atom. The lowest BCUT2D eigenvalue weighted by Crippen LogP contribution is -2.47. The molecule has 1 saturated heterocycles. The molecule has 0 aromatic heterocycles. The highest BCUT2D eigenvalue weighted by Crippen LogP contribution is 2.32. The third-order valence-electron chi connectivity index (χ3n) is 4.00. The number of amides is 2. The highest BCUT2D eigenvalue weighted by Gasteiger charge is 2.38. The SMILES string of the molecule is Cc1ccc(C(O)CN2C(=O)CC(C)(C)CC2=O)c(C)c1. The molecule has 2 amide bonds. The number of aliphatic hydroxyl groups is 1. The van der Waals surface area contributed by atoms with Crippen molar-refractivity contribution in [3.05, 3.63) is 34.9 Å². The second-order valence-electron chi connectivity index (χ2n) is 6.79. The number of β-amino-alcohol motifs (C(OH)–C–C–N with tert-alkyl or cyclic N) is 1. The van der Waals surface area contributed by atoms with E-state index in [4.69, 9.17) is 0 Å². The van der Waals surface area contributed by atoms with Gasteiger partial charge in [-0.25, -0.2) is 0 Å². The van der Waals surface area contributed by atoms with E-state index >= 15 is 0 Å². The van der Waals surface area contributed by atoms with E-state index in [1.807, 2.05) is 45.9 Å². The second kappa shape index (κ2) is 5.60. The normalized spacial score (nSPS) is 19.8. The minimum atomic E-state index is -0.834. The number of piperidine rings is 1. The standard InChI is InChI=1S/C17H23NO3/c1-11-5-6-13(12(2)7-11)14(19)10-18-15(20)8-17(3,4)9-16(18)21/h5-7,14,19H,8-10H2,1-4H3. The van der Waals surface area contributed by atoms with Crippen LogP contribution in [0.5, 0.6) is 0 Å². The third kappa shape index (κ3) is 3.50. The Hall–Kier alpha value is -1.68. The molecule has 0 radical (unpaired) electrons. The molecule has 1 aromatic rings. The van der Waals surface area contributed by atoms with Crippen LogP contribution in [0.4, 0.5) is 0 Å². The number of likely N-dealkylation sites (tertiary alicyclic amines) is 1. The molecular weight excluding hydrogens is 266 g/mol. The van der Waals surface area contributed by atoms with E-state index in [9.17, 15) is 14.7 Å². The highest BCUT2D eigenvalue weighted by atomic mass is 16.3. The van der Waals surface area contributed by atoms with Gasteiger partial charge in [0.2, 0.25) is 11.8 Å². The van der Waals surface area contributed by atoms with Crippen LogP contribution in [0.15, 0.2) is 18.2 Å². The highest BCUT2D eigenvalue weighted by molar-refractivity contribution is 5.98. The predicted octanol–water partition coefficient (Wildman–Crippen LogP) is 2.51. The van der Waals surface area contributed by atoms with Gasteiger partial charge < -0.3 is 5.11 Å². The molecule has 1 fully saturated rings. The zero-order valence-corrected chi connectivity index (χ0v) is 13.1. The van der Waals surface area contributed by atoms with Gasteiger partial charge >= 0.3 is 0 Å². The van der Waals surface area contributed by atoms with Gasteiger partial charge in [0.05, 0.1) is 12.6 Å². The zero-order valence-electron chi connectivity index (χ0n) is 13.1.